The molecule has 3 rings (SSSR count). The molecule has 1 fully saturated rings. The van der Waals surface area contributed by atoms with Crippen molar-refractivity contribution in [2.45, 2.75) is 29.6 Å². The van der Waals surface area contributed by atoms with Gasteiger partial charge >= 0.3 is 16.5 Å². The third kappa shape index (κ3) is 2.58. The molecule has 0 saturated carbocycles. The summed E-state index contributed by atoms with van der Waals surface area (Å²) >= 11 is 0. The van der Waals surface area contributed by atoms with Crippen LogP contribution in [0.25, 0.3) is 0 Å². The number of carbonyl (C=O) groups excluding carboxylic acids is 1. The molecule has 26 heavy (non-hydrogen) atoms. The predicted molar refractivity (Wildman–Crippen MR) is 82.5 cm³/mol. The molecule has 0 aromatic heterocycles. The Kier molecular flexibility index (Phi) is 3.92. The van der Waals surface area contributed by atoms with Gasteiger partial charge in [-0.3, -0.25) is 4.55 Å². The van der Waals surface area contributed by atoms with E-state index in [2.05, 4.69) is 24.2 Å². The van der Waals surface area contributed by atoms with E-state index in [-0.39, 0.29) is 11.9 Å². The molecule has 0 aromatic carbocycles. The molecule has 0 radical (unpaired) electrons. The molecule has 1 amide bonds. The van der Waals surface area contributed by atoms with E-state index < -0.39 is 59.3 Å². The number of carbonyl (C=O) groups is 1. The second-order valence-corrected chi connectivity index (χ2v) is 6.93. The number of ether oxygens (including phenoxy) is 1. The highest BCUT2D eigenvalue weighted by Gasteiger charge is 2.74. The van der Waals surface area contributed by atoms with Crippen molar-refractivity contribution in [2.75, 3.05) is 13.2 Å². The van der Waals surface area contributed by atoms with E-state index in [1.54, 1.807) is 0 Å². The molecular weight excluding hydrogens is 378 g/mol. The summed E-state index contributed by atoms with van der Waals surface area (Å²) in [6.45, 7) is -0.896. The number of hydrogen-bond donors (Lipinski definition) is 7. The van der Waals surface area contributed by atoms with Gasteiger partial charge in [0.25, 0.3) is 0 Å². The Morgan fingerprint density at radius 1 is 1.38 bits per heavy atom. The molecule has 4 atom stereocenters. The van der Waals surface area contributed by atoms with E-state index in [1.165, 1.54) is 0 Å². The van der Waals surface area contributed by atoms with Crippen molar-refractivity contribution >= 4 is 28.4 Å². The van der Waals surface area contributed by atoms with Crippen LogP contribution in [0, 0.1) is 0 Å². The molecule has 0 aromatic rings. The smallest absolute Gasteiger partial charge is 0.404 e. The van der Waals surface area contributed by atoms with Gasteiger partial charge in [-0.1, -0.05) is 0 Å². The Bertz CT molecular complexity index is 797. The van der Waals surface area contributed by atoms with Crippen LogP contribution in [0.15, 0.2) is 9.98 Å². The van der Waals surface area contributed by atoms with Crippen molar-refractivity contribution < 1.29 is 36.9 Å². The summed E-state index contributed by atoms with van der Waals surface area (Å²) < 4.78 is 40.0. The summed E-state index contributed by atoms with van der Waals surface area (Å²) in [5, 5.41) is 23.9. The van der Waals surface area contributed by atoms with Crippen molar-refractivity contribution in [3.05, 3.63) is 0 Å². The van der Waals surface area contributed by atoms with Crippen molar-refractivity contribution in [1.29, 1.82) is 0 Å². The molecule has 15 nitrogen and oxygen atoms in total. The fourth-order valence-electron chi connectivity index (χ4n) is 3.45. The minimum atomic E-state index is -5.03. The maximum Gasteiger partial charge on any atom is 0.404 e. The van der Waals surface area contributed by atoms with Gasteiger partial charge in [0.1, 0.15) is 18.7 Å². The third-order valence-corrected chi connectivity index (χ3v) is 4.86. The van der Waals surface area contributed by atoms with E-state index in [0.29, 0.717) is 0 Å². The number of nitrogens with zero attached hydrogens (tertiary/aromatic N) is 3. The Hall–Kier alpha value is -2.40. The van der Waals surface area contributed by atoms with E-state index in [0.717, 1.165) is 4.90 Å². The van der Waals surface area contributed by atoms with Gasteiger partial charge in [0, 0.05) is 0 Å². The first-order valence-corrected chi connectivity index (χ1v) is 8.50. The van der Waals surface area contributed by atoms with Crippen LogP contribution in [0.2, 0.25) is 0 Å². The van der Waals surface area contributed by atoms with E-state index in [9.17, 15) is 23.4 Å². The highest BCUT2D eigenvalue weighted by Crippen LogP contribution is 2.45. The Balaban J connectivity index is 2.04. The first kappa shape index (κ1) is 18.4. The monoisotopic (exact) mass is 395 g/mol. The number of aliphatic imine (C=N–C) groups is 2. The van der Waals surface area contributed by atoms with Gasteiger partial charge in [-0.2, -0.15) is 8.42 Å². The van der Waals surface area contributed by atoms with E-state index in [1.807, 2.05) is 0 Å². The topological polar surface area (TPSA) is 248 Å². The normalized spacial score (nSPS) is 35.0. The van der Waals surface area contributed by atoms with Crippen molar-refractivity contribution in [1.82, 2.24) is 10.2 Å². The quantitative estimate of drug-likeness (QED) is 0.174. The minimum absolute atomic E-state index is 0.228. The summed E-state index contributed by atoms with van der Waals surface area (Å²) in [7, 11) is -5.03. The SMILES string of the molecule is NC(=O)OCC1N=C(N)N2CC(OS(=O)(=O)O)C(O)(O)[C@@]23NC(N)=NC13. The summed E-state index contributed by atoms with van der Waals surface area (Å²) in [6.07, 6.45) is -2.96. The van der Waals surface area contributed by atoms with Gasteiger partial charge in [-0.15, -0.1) is 0 Å². The summed E-state index contributed by atoms with van der Waals surface area (Å²) in [6, 6.07) is -2.19. The summed E-state index contributed by atoms with van der Waals surface area (Å²) in [5.41, 5.74) is 14.4. The molecule has 3 unspecified atom stereocenters. The maximum absolute atomic E-state index is 11.0. The van der Waals surface area contributed by atoms with Gasteiger partial charge < -0.3 is 42.4 Å². The number of nitrogens with two attached hydrogens (primary N) is 3. The zero-order valence-electron chi connectivity index (χ0n) is 13.0. The fourth-order valence-corrected chi connectivity index (χ4v) is 3.94. The molecule has 1 spiro atoms. The van der Waals surface area contributed by atoms with Crippen LogP contribution in [-0.4, -0.2) is 88.9 Å². The molecule has 3 heterocycles. The number of amides is 1. The molecule has 0 bridgehead atoms. The molecule has 16 heteroatoms. The lowest BCUT2D eigenvalue weighted by Gasteiger charge is -2.48. The number of hydrogen-bond acceptors (Lipinski definition) is 13. The lowest BCUT2D eigenvalue weighted by atomic mass is 9.86. The summed E-state index contributed by atoms with van der Waals surface area (Å²) in [4.78, 5) is 20.0. The van der Waals surface area contributed by atoms with Crippen LogP contribution in [0.5, 0.6) is 0 Å². The zero-order chi connectivity index (χ0) is 19.5. The Morgan fingerprint density at radius 3 is 2.62 bits per heavy atom. The van der Waals surface area contributed by atoms with E-state index in [4.69, 9.17) is 21.8 Å². The number of guanidine groups is 2. The largest absolute Gasteiger partial charge is 0.447 e. The maximum atomic E-state index is 11.0. The molecule has 146 valence electrons. The number of rotatable bonds is 4. The fraction of sp³-hybridized carbons (Fsp3) is 0.700. The van der Waals surface area contributed by atoms with Crippen LogP contribution < -0.4 is 22.5 Å². The highest BCUT2D eigenvalue weighted by atomic mass is 32.3. The van der Waals surface area contributed by atoms with Gasteiger partial charge in [-0.05, 0) is 0 Å². The van der Waals surface area contributed by atoms with Crippen molar-refractivity contribution in [3.8, 4) is 0 Å². The van der Waals surface area contributed by atoms with Crippen LogP contribution in [-0.2, 0) is 19.3 Å². The van der Waals surface area contributed by atoms with Gasteiger partial charge in [0.05, 0.1) is 6.54 Å². The minimum Gasteiger partial charge on any atom is -0.447 e. The lowest BCUT2D eigenvalue weighted by Crippen LogP contribution is -2.77. The second-order valence-electron chi connectivity index (χ2n) is 5.88. The van der Waals surface area contributed by atoms with Crippen LogP contribution >= 0.6 is 0 Å². The molecule has 1 saturated heterocycles. The van der Waals surface area contributed by atoms with E-state index >= 15 is 0 Å². The van der Waals surface area contributed by atoms with Gasteiger partial charge in [-0.25, -0.2) is 19.0 Å². The standard InChI is InChI=1S/C10H17N7O8S/c11-6-15-5-3(2-24-8(13)18)14-7(12)17-1-4(25-26(21,22)23)10(19,20)9(5,17)16-6/h3-5,19-20H,1-2H2,(H2,12,14)(H2,13,18)(H3,11,15,16)(H,21,22,23)/t3?,4?,5?,9-/m0/s1. The molecule has 0 aliphatic carbocycles. The average Bonchev–Trinajstić information content (AvgIpc) is 2.93. The number of primary amides is 1. The first-order chi connectivity index (χ1) is 11.9. The van der Waals surface area contributed by atoms with Gasteiger partial charge in [0.15, 0.2) is 23.7 Å². The lowest BCUT2D eigenvalue weighted by molar-refractivity contribution is -0.252. The predicted octanol–water partition coefficient (Wildman–Crippen LogP) is -5.05. The number of aliphatic hydroxyl groups is 2. The van der Waals surface area contributed by atoms with Crippen LogP contribution in [0.4, 0.5) is 4.79 Å². The van der Waals surface area contributed by atoms with Crippen molar-refractivity contribution in [3.63, 3.8) is 0 Å². The summed E-state index contributed by atoms with van der Waals surface area (Å²) in [5.74, 6) is -3.44. The van der Waals surface area contributed by atoms with Crippen LogP contribution in [0.1, 0.15) is 0 Å². The molecule has 3 aliphatic heterocycles. The third-order valence-electron chi connectivity index (χ3n) is 4.38. The van der Waals surface area contributed by atoms with Gasteiger partial charge in [0.2, 0.25) is 5.79 Å². The van der Waals surface area contributed by atoms with Crippen LogP contribution in [0.3, 0.4) is 0 Å². The number of nitrogens with one attached hydrogen (secondary N) is 1. The molecular formula is C10H17N7O8S. The van der Waals surface area contributed by atoms with Crippen molar-refractivity contribution in [2.24, 2.45) is 27.2 Å². The highest BCUT2D eigenvalue weighted by molar-refractivity contribution is 7.80. The first-order valence-electron chi connectivity index (χ1n) is 7.13. The Morgan fingerprint density at radius 2 is 2.04 bits per heavy atom. The average molecular weight is 395 g/mol. The zero-order valence-corrected chi connectivity index (χ0v) is 13.8. The molecule has 3 aliphatic rings. The second kappa shape index (κ2) is 5.55. The Labute approximate surface area is 146 Å². The molecule has 10 N–H and O–H groups in total.